The van der Waals surface area contributed by atoms with Crippen molar-refractivity contribution in [2.75, 3.05) is 26.2 Å². The van der Waals surface area contributed by atoms with Crippen molar-refractivity contribution in [1.82, 2.24) is 15.2 Å². The van der Waals surface area contributed by atoms with Gasteiger partial charge in [-0.1, -0.05) is 6.92 Å². The van der Waals surface area contributed by atoms with E-state index in [0.717, 1.165) is 43.2 Å². The van der Waals surface area contributed by atoms with Gasteiger partial charge in [0.25, 0.3) is 0 Å². The molecule has 1 aromatic heterocycles. The molecular formula is C13H19N3S. The minimum atomic E-state index is 0.433. The lowest BCUT2D eigenvalue weighted by molar-refractivity contribution is 0.169. The van der Waals surface area contributed by atoms with Crippen LogP contribution in [0.1, 0.15) is 35.0 Å². The fourth-order valence-corrected chi connectivity index (χ4v) is 3.38. The van der Waals surface area contributed by atoms with Crippen LogP contribution in [0.5, 0.6) is 0 Å². The molecule has 0 aliphatic carbocycles. The highest BCUT2D eigenvalue weighted by atomic mass is 32.1. The second kappa shape index (κ2) is 5.63. The fraction of sp³-hybridized carbons (Fsp3) is 0.615. The van der Waals surface area contributed by atoms with Gasteiger partial charge in [-0.3, -0.25) is 4.90 Å². The van der Waals surface area contributed by atoms with E-state index in [4.69, 9.17) is 6.42 Å². The molecule has 3 nitrogen and oxygen atoms in total. The number of aryl methyl sites for hydroxylation is 1. The van der Waals surface area contributed by atoms with E-state index >= 15 is 0 Å². The predicted octanol–water partition coefficient (Wildman–Crippen LogP) is 1.79. The number of hydrogen-bond acceptors (Lipinski definition) is 4. The molecule has 0 radical (unpaired) electrons. The Morgan fingerprint density at radius 1 is 1.53 bits per heavy atom. The molecule has 0 saturated carbocycles. The van der Waals surface area contributed by atoms with Crippen molar-refractivity contribution in [2.24, 2.45) is 0 Å². The first-order valence-corrected chi connectivity index (χ1v) is 6.96. The minimum absolute atomic E-state index is 0.433. The summed E-state index contributed by atoms with van der Waals surface area (Å²) in [5.41, 5.74) is 0.818. The molecule has 0 bridgehead atoms. The highest BCUT2D eigenvalue weighted by Gasteiger charge is 2.23. The van der Waals surface area contributed by atoms with Crippen molar-refractivity contribution in [3.63, 3.8) is 0 Å². The fourth-order valence-electron chi connectivity index (χ4n) is 2.28. The second-order valence-corrected chi connectivity index (χ2v) is 5.55. The maximum absolute atomic E-state index is 5.45. The number of rotatable bonds is 3. The quantitative estimate of drug-likeness (QED) is 0.828. The van der Waals surface area contributed by atoms with E-state index in [1.165, 1.54) is 5.01 Å². The van der Waals surface area contributed by atoms with E-state index in [1.807, 2.05) is 0 Å². The van der Waals surface area contributed by atoms with Crippen LogP contribution in [0.4, 0.5) is 0 Å². The van der Waals surface area contributed by atoms with Crippen LogP contribution in [0, 0.1) is 19.3 Å². The van der Waals surface area contributed by atoms with Gasteiger partial charge in [-0.15, -0.1) is 17.8 Å². The summed E-state index contributed by atoms with van der Waals surface area (Å²) in [5, 5.41) is 4.56. The Morgan fingerprint density at radius 3 is 2.76 bits per heavy atom. The summed E-state index contributed by atoms with van der Waals surface area (Å²) in [5.74, 6) is 2.67. The van der Waals surface area contributed by atoms with Crippen molar-refractivity contribution in [1.29, 1.82) is 0 Å². The first-order valence-electron chi connectivity index (χ1n) is 6.15. The molecule has 1 aliphatic rings. The summed E-state index contributed by atoms with van der Waals surface area (Å²) in [6.45, 7) is 8.62. The lowest BCUT2D eigenvalue weighted by Crippen LogP contribution is -2.45. The molecule has 17 heavy (non-hydrogen) atoms. The Morgan fingerprint density at radius 2 is 2.24 bits per heavy atom. The van der Waals surface area contributed by atoms with Gasteiger partial charge in [0.05, 0.1) is 6.04 Å². The van der Waals surface area contributed by atoms with Crippen LogP contribution in [0.2, 0.25) is 0 Å². The number of nitrogens with zero attached hydrogens (tertiary/aromatic N) is 2. The number of aromatic nitrogens is 1. The van der Waals surface area contributed by atoms with Crippen molar-refractivity contribution in [2.45, 2.75) is 26.3 Å². The van der Waals surface area contributed by atoms with Crippen LogP contribution in [0.25, 0.3) is 0 Å². The first kappa shape index (κ1) is 12.6. The molecular weight excluding hydrogens is 230 g/mol. The van der Waals surface area contributed by atoms with Crippen LogP contribution >= 0.6 is 11.3 Å². The van der Waals surface area contributed by atoms with Gasteiger partial charge in [-0.25, -0.2) is 4.98 Å². The highest BCUT2D eigenvalue weighted by Crippen LogP contribution is 2.29. The summed E-state index contributed by atoms with van der Waals surface area (Å²) in [6.07, 6.45) is 6.55. The largest absolute Gasteiger partial charge is 0.314 e. The predicted molar refractivity (Wildman–Crippen MR) is 72.3 cm³/mol. The van der Waals surface area contributed by atoms with Crippen molar-refractivity contribution >= 4 is 11.3 Å². The smallest absolute Gasteiger partial charge is 0.127 e. The Labute approximate surface area is 107 Å². The summed E-state index contributed by atoms with van der Waals surface area (Å²) >= 11 is 1.75. The highest BCUT2D eigenvalue weighted by molar-refractivity contribution is 7.11. The van der Waals surface area contributed by atoms with Gasteiger partial charge in [0.2, 0.25) is 0 Å². The summed E-state index contributed by atoms with van der Waals surface area (Å²) in [6, 6.07) is 0.433. The van der Waals surface area contributed by atoms with E-state index in [9.17, 15) is 0 Å². The Kier molecular flexibility index (Phi) is 4.16. The van der Waals surface area contributed by atoms with Crippen molar-refractivity contribution in [3.8, 4) is 12.3 Å². The van der Waals surface area contributed by atoms with E-state index < -0.39 is 0 Å². The molecule has 0 spiro atoms. The molecule has 1 N–H and O–H groups in total. The van der Waals surface area contributed by atoms with Crippen molar-refractivity contribution < 1.29 is 0 Å². The van der Waals surface area contributed by atoms with Gasteiger partial charge in [0.1, 0.15) is 10.7 Å². The molecule has 1 aromatic rings. The lowest BCUT2D eigenvalue weighted by atomic mass is 10.2. The molecule has 1 unspecified atom stereocenters. The maximum Gasteiger partial charge on any atom is 0.127 e. The molecule has 2 rings (SSSR count). The molecule has 1 atom stereocenters. The summed E-state index contributed by atoms with van der Waals surface area (Å²) in [4.78, 5) is 8.27. The summed E-state index contributed by atoms with van der Waals surface area (Å²) < 4.78 is 0. The van der Waals surface area contributed by atoms with Gasteiger partial charge in [-0.2, -0.15) is 0 Å². The zero-order valence-corrected chi connectivity index (χ0v) is 11.3. The van der Waals surface area contributed by atoms with E-state index in [2.05, 4.69) is 35.0 Å². The Hall–Kier alpha value is -0.890. The van der Waals surface area contributed by atoms with Gasteiger partial charge >= 0.3 is 0 Å². The third-order valence-electron chi connectivity index (χ3n) is 3.21. The van der Waals surface area contributed by atoms with Crippen LogP contribution in [-0.2, 0) is 0 Å². The third kappa shape index (κ3) is 2.68. The lowest BCUT2D eigenvalue weighted by Gasteiger charge is -2.33. The van der Waals surface area contributed by atoms with E-state index in [0.29, 0.717) is 6.04 Å². The second-order valence-electron chi connectivity index (χ2n) is 4.31. The topological polar surface area (TPSA) is 28.2 Å². The molecule has 4 heteroatoms. The number of piperazine rings is 1. The molecule has 0 amide bonds. The van der Waals surface area contributed by atoms with Crippen LogP contribution < -0.4 is 5.32 Å². The monoisotopic (exact) mass is 249 g/mol. The van der Waals surface area contributed by atoms with Crippen LogP contribution in [0.15, 0.2) is 0 Å². The molecule has 92 valence electrons. The molecule has 1 fully saturated rings. The van der Waals surface area contributed by atoms with E-state index in [-0.39, 0.29) is 0 Å². The Balaban J connectivity index is 2.19. The molecule has 1 aliphatic heterocycles. The molecule has 1 saturated heterocycles. The number of hydrogen-bond donors (Lipinski definition) is 1. The standard InChI is InChI=1S/C13H19N3S/c1-4-11-10(3)17-13(15-11)12(5-2)16-8-6-14-7-9-16/h1,12,14H,5-9H2,2-3H3. The first-order chi connectivity index (χ1) is 8.26. The van der Waals surface area contributed by atoms with Gasteiger partial charge in [-0.05, 0) is 19.3 Å². The van der Waals surface area contributed by atoms with Gasteiger partial charge < -0.3 is 5.32 Å². The number of terminal acetylenes is 1. The third-order valence-corrected chi connectivity index (χ3v) is 4.29. The molecule has 0 aromatic carbocycles. The normalized spacial score (nSPS) is 18.9. The number of thiazole rings is 1. The van der Waals surface area contributed by atoms with Crippen molar-refractivity contribution in [3.05, 3.63) is 15.6 Å². The average Bonchev–Trinajstić information content (AvgIpc) is 2.73. The number of nitrogens with one attached hydrogen (secondary N) is 1. The molecule has 2 heterocycles. The van der Waals surface area contributed by atoms with Gasteiger partial charge in [0.15, 0.2) is 0 Å². The minimum Gasteiger partial charge on any atom is -0.314 e. The van der Waals surface area contributed by atoms with Crippen LogP contribution in [0.3, 0.4) is 0 Å². The maximum atomic E-state index is 5.45. The Bertz CT molecular complexity index is 413. The van der Waals surface area contributed by atoms with E-state index in [1.54, 1.807) is 11.3 Å². The zero-order valence-electron chi connectivity index (χ0n) is 10.5. The zero-order chi connectivity index (χ0) is 12.3. The SMILES string of the molecule is C#Cc1nc(C(CC)N2CCNCC2)sc1C. The summed E-state index contributed by atoms with van der Waals surface area (Å²) in [7, 11) is 0. The van der Waals surface area contributed by atoms with Gasteiger partial charge in [0, 0.05) is 31.1 Å². The van der Waals surface area contributed by atoms with Crippen LogP contribution in [-0.4, -0.2) is 36.1 Å². The average molecular weight is 249 g/mol.